The Hall–Kier alpha value is -3.52. The molecule has 1 aromatic heterocycles. The van der Waals surface area contributed by atoms with Crippen LogP contribution in [0.3, 0.4) is 0 Å². The number of amides is 1. The highest BCUT2D eigenvalue weighted by Crippen LogP contribution is 2.32. The van der Waals surface area contributed by atoms with E-state index in [9.17, 15) is 9.18 Å². The van der Waals surface area contributed by atoms with Crippen molar-refractivity contribution >= 4 is 29.1 Å². The molecular formula is C22H19FN4O2S. The smallest absolute Gasteiger partial charge is 0.262 e. The summed E-state index contributed by atoms with van der Waals surface area (Å²) in [5.74, 6) is 0.0578. The van der Waals surface area contributed by atoms with Crippen LogP contribution in [0.4, 0.5) is 10.1 Å². The van der Waals surface area contributed by atoms with Crippen molar-refractivity contribution in [3.8, 4) is 17.0 Å². The van der Waals surface area contributed by atoms with Crippen LogP contribution in [0.15, 0.2) is 70.1 Å². The summed E-state index contributed by atoms with van der Waals surface area (Å²) in [6.45, 7) is 6.25. The van der Waals surface area contributed by atoms with Crippen LogP contribution < -0.4 is 14.9 Å². The second-order valence-electron chi connectivity index (χ2n) is 6.80. The molecule has 0 spiro atoms. The molecule has 0 atom stereocenters. The average Bonchev–Trinajstić information content (AvgIpc) is 3.14. The number of thiazole rings is 1. The zero-order valence-electron chi connectivity index (χ0n) is 16.3. The molecule has 152 valence electrons. The summed E-state index contributed by atoms with van der Waals surface area (Å²) in [6.07, 6.45) is 1.47. The maximum Gasteiger partial charge on any atom is 0.262 e. The van der Waals surface area contributed by atoms with Gasteiger partial charge in [0.05, 0.1) is 24.1 Å². The molecule has 1 amide bonds. The molecule has 3 aromatic rings. The summed E-state index contributed by atoms with van der Waals surface area (Å²) in [5, 5.41) is 9.23. The van der Waals surface area contributed by atoms with Crippen LogP contribution in [-0.4, -0.2) is 29.9 Å². The number of nitrogens with one attached hydrogen (secondary N) is 1. The molecule has 6 nitrogen and oxygen atoms in total. The number of hydrogen-bond donors (Lipinski definition) is 1. The van der Waals surface area contributed by atoms with Crippen LogP contribution in [0.25, 0.3) is 11.3 Å². The number of carbonyl (C=O) groups excluding carboxylic acids is 1. The molecule has 1 aliphatic heterocycles. The molecule has 2 heterocycles. The fraction of sp³-hybridized carbons (Fsp3) is 0.136. The maximum absolute atomic E-state index is 14.0. The van der Waals surface area contributed by atoms with E-state index < -0.39 is 0 Å². The SMILES string of the molecule is C=C(C)CN=c1scc(-c2ccc3c(c2)NC(=O)CO3)n1N=Cc1ccccc1F. The summed E-state index contributed by atoms with van der Waals surface area (Å²) < 4.78 is 21.1. The Bertz CT molecular complexity index is 1230. The van der Waals surface area contributed by atoms with Gasteiger partial charge in [-0.3, -0.25) is 9.79 Å². The highest BCUT2D eigenvalue weighted by atomic mass is 32.1. The molecular weight excluding hydrogens is 403 g/mol. The minimum Gasteiger partial charge on any atom is -0.482 e. The van der Waals surface area contributed by atoms with Crippen LogP contribution in [-0.2, 0) is 4.79 Å². The highest BCUT2D eigenvalue weighted by molar-refractivity contribution is 7.07. The Balaban J connectivity index is 1.80. The van der Waals surface area contributed by atoms with E-state index in [1.165, 1.54) is 23.6 Å². The van der Waals surface area contributed by atoms with Crippen LogP contribution in [0.1, 0.15) is 12.5 Å². The summed E-state index contributed by atoms with van der Waals surface area (Å²) >= 11 is 1.42. The number of ether oxygens (including phenoxy) is 1. The fourth-order valence-corrected chi connectivity index (χ4v) is 3.70. The Morgan fingerprint density at radius 1 is 1.37 bits per heavy atom. The summed E-state index contributed by atoms with van der Waals surface area (Å²) in [4.78, 5) is 16.9. The molecule has 30 heavy (non-hydrogen) atoms. The van der Waals surface area contributed by atoms with Crippen molar-refractivity contribution < 1.29 is 13.9 Å². The van der Waals surface area contributed by atoms with E-state index in [4.69, 9.17) is 4.74 Å². The minimum absolute atomic E-state index is 0.00165. The number of carbonyl (C=O) groups is 1. The Morgan fingerprint density at radius 2 is 2.20 bits per heavy atom. The van der Waals surface area contributed by atoms with Gasteiger partial charge in [0.1, 0.15) is 11.6 Å². The van der Waals surface area contributed by atoms with Crippen molar-refractivity contribution in [2.75, 3.05) is 18.5 Å². The molecule has 1 aliphatic rings. The fourth-order valence-electron chi connectivity index (χ4n) is 2.86. The van der Waals surface area contributed by atoms with Gasteiger partial charge in [-0.2, -0.15) is 5.10 Å². The van der Waals surface area contributed by atoms with E-state index in [0.717, 1.165) is 16.8 Å². The van der Waals surface area contributed by atoms with Crippen LogP contribution >= 0.6 is 11.3 Å². The standard InChI is InChI=1S/C22H19FN4O2S/c1-14(2)10-24-22-27(25-11-16-5-3-4-6-17(16)23)19(13-30-22)15-7-8-20-18(9-15)26-21(28)12-29-20/h3-9,11,13H,1,10,12H2,2H3,(H,26,28). The number of aromatic nitrogens is 1. The molecule has 0 saturated heterocycles. The van der Waals surface area contributed by atoms with Gasteiger partial charge in [0.2, 0.25) is 4.80 Å². The van der Waals surface area contributed by atoms with E-state index in [2.05, 4.69) is 22.0 Å². The number of fused-ring (bicyclic) bond motifs is 1. The Kier molecular flexibility index (Phi) is 5.58. The van der Waals surface area contributed by atoms with Crippen molar-refractivity contribution in [2.24, 2.45) is 10.1 Å². The lowest BCUT2D eigenvalue weighted by Gasteiger charge is -2.18. The van der Waals surface area contributed by atoms with Crippen molar-refractivity contribution in [1.29, 1.82) is 0 Å². The van der Waals surface area contributed by atoms with Gasteiger partial charge in [-0.05, 0) is 31.2 Å². The average molecular weight is 422 g/mol. The van der Waals surface area contributed by atoms with Gasteiger partial charge >= 0.3 is 0 Å². The van der Waals surface area contributed by atoms with Gasteiger partial charge in [0.15, 0.2) is 6.61 Å². The van der Waals surface area contributed by atoms with Gasteiger partial charge < -0.3 is 10.1 Å². The third kappa shape index (κ3) is 4.23. The topological polar surface area (TPSA) is 68.0 Å². The second kappa shape index (κ2) is 8.46. The minimum atomic E-state index is -0.354. The van der Waals surface area contributed by atoms with Crippen LogP contribution in [0.2, 0.25) is 0 Å². The lowest BCUT2D eigenvalue weighted by molar-refractivity contribution is -0.118. The Morgan fingerprint density at radius 3 is 3.00 bits per heavy atom. The molecule has 0 unspecified atom stereocenters. The van der Waals surface area contributed by atoms with Gasteiger partial charge in [-0.25, -0.2) is 9.07 Å². The summed E-state index contributed by atoms with van der Waals surface area (Å²) in [5.41, 5.74) is 3.47. The summed E-state index contributed by atoms with van der Waals surface area (Å²) in [6, 6.07) is 11.9. The van der Waals surface area contributed by atoms with Gasteiger partial charge in [0, 0.05) is 16.5 Å². The van der Waals surface area contributed by atoms with E-state index >= 15 is 0 Å². The quantitative estimate of drug-likeness (QED) is 0.498. The first-order valence-corrected chi connectivity index (χ1v) is 10.1. The molecule has 2 aromatic carbocycles. The second-order valence-corrected chi connectivity index (χ2v) is 7.64. The molecule has 0 radical (unpaired) electrons. The van der Waals surface area contributed by atoms with Gasteiger partial charge in [-0.15, -0.1) is 11.3 Å². The zero-order valence-corrected chi connectivity index (χ0v) is 17.1. The number of nitrogens with zero attached hydrogens (tertiary/aromatic N) is 3. The largest absolute Gasteiger partial charge is 0.482 e. The third-order valence-electron chi connectivity index (χ3n) is 4.30. The molecule has 0 aliphatic carbocycles. The lowest BCUT2D eigenvalue weighted by atomic mass is 10.1. The van der Waals surface area contributed by atoms with Crippen molar-refractivity contribution in [1.82, 2.24) is 4.68 Å². The van der Waals surface area contributed by atoms with Crippen LogP contribution in [0.5, 0.6) is 5.75 Å². The first-order chi connectivity index (χ1) is 14.5. The van der Waals surface area contributed by atoms with Crippen molar-refractivity contribution in [3.05, 3.63) is 76.2 Å². The normalized spacial score (nSPS) is 13.8. The molecule has 1 N–H and O–H groups in total. The number of halogens is 1. The van der Waals surface area contributed by atoms with Crippen molar-refractivity contribution in [2.45, 2.75) is 6.92 Å². The van der Waals surface area contributed by atoms with E-state index in [-0.39, 0.29) is 18.3 Å². The number of rotatable bonds is 5. The number of anilines is 1. The van der Waals surface area contributed by atoms with E-state index in [1.807, 2.05) is 24.4 Å². The predicted molar refractivity (Wildman–Crippen MR) is 117 cm³/mol. The molecule has 0 saturated carbocycles. The predicted octanol–water partition coefficient (Wildman–Crippen LogP) is 4.05. The zero-order chi connectivity index (χ0) is 21.1. The van der Waals surface area contributed by atoms with Crippen molar-refractivity contribution in [3.63, 3.8) is 0 Å². The third-order valence-corrected chi connectivity index (χ3v) is 5.15. The highest BCUT2D eigenvalue weighted by Gasteiger charge is 2.17. The number of benzene rings is 2. The van der Waals surface area contributed by atoms with E-state index in [0.29, 0.717) is 28.3 Å². The van der Waals surface area contributed by atoms with E-state index in [1.54, 1.807) is 28.9 Å². The maximum atomic E-state index is 14.0. The van der Waals surface area contributed by atoms with Crippen LogP contribution in [0, 0.1) is 5.82 Å². The first kappa shape index (κ1) is 19.8. The first-order valence-electron chi connectivity index (χ1n) is 9.22. The Labute approximate surface area is 176 Å². The monoisotopic (exact) mass is 422 g/mol. The molecule has 8 heteroatoms. The lowest BCUT2D eigenvalue weighted by Crippen LogP contribution is -2.25. The number of hydrogen-bond acceptors (Lipinski definition) is 5. The van der Waals surface area contributed by atoms with Gasteiger partial charge in [-0.1, -0.05) is 30.4 Å². The molecule has 0 bridgehead atoms. The summed E-state index contributed by atoms with van der Waals surface area (Å²) in [7, 11) is 0. The van der Waals surface area contributed by atoms with Gasteiger partial charge in [0.25, 0.3) is 5.91 Å². The molecule has 0 fully saturated rings. The molecule has 4 rings (SSSR count).